The Labute approximate surface area is 172 Å². The summed E-state index contributed by atoms with van der Waals surface area (Å²) in [6.45, 7) is 5.36. The molecule has 0 saturated heterocycles. The van der Waals surface area contributed by atoms with Gasteiger partial charge in [-0.05, 0) is 48.9 Å². The Balaban J connectivity index is 1.62. The zero-order chi connectivity index (χ0) is 20.5. The zero-order valence-electron chi connectivity index (χ0n) is 17.2. The highest BCUT2D eigenvalue weighted by Gasteiger charge is 2.10. The molecule has 0 unspecified atom stereocenters. The molecule has 0 saturated carbocycles. The highest BCUT2D eigenvalue weighted by Crippen LogP contribution is 2.29. The van der Waals surface area contributed by atoms with Crippen molar-refractivity contribution in [2.75, 3.05) is 18.5 Å². The number of hydrogen-bond donors (Lipinski definition) is 1. The lowest BCUT2D eigenvalue weighted by atomic mass is 10.1. The first kappa shape index (κ1) is 20.7. The number of carbonyl (C=O) groups is 1. The molecule has 1 N–H and O–H groups in total. The van der Waals surface area contributed by atoms with Crippen LogP contribution in [0.3, 0.4) is 0 Å². The molecular formula is C25H29NO3. The van der Waals surface area contributed by atoms with Gasteiger partial charge in [-0.1, -0.05) is 55.8 Å². The van der Waals surface area contributed by atoms with Gasteiger partial charge in [0.15, 0.2) is 11.5 Å². The van der Waals surface area contributed by atoms with E-state index in [1.807, 2.05) is 67.6 Å². The summed E-state index contributed by atoms with van der Waals surface area (Å²) in [5, 5.41) is 5.21. The van der Waals surface area contributed by atoms with Crippen molar-refractivity contribution in [2.24, 2.45) is 0 Å². The highest BCUT2D eigenvalue weighted by atomic mass is 16.5. The first-order valence-electron chi connectivity index (χ1n) is 10.4. The van der Waals surface area contributed by atoms with Gasteiger partial charge < -0.3 is 14.8 Å². The fourth-order valence-electron chi connectivity index (χ4n) is 3.23. The molecule has 0 spiro atoms. The van der Waals surface area contributed by atoms with Gasteiger partial charge in [0.05, 0.1) is 13.2 Å². The van der Waals surface area contributed by atoms with Gasteiger partial charge in [-0.3, -0.25) is 4.79 Å². The van der Waals surface area contributed by atoms with Crippen LogP contribution in [0.1, 0.15) is 38.7 Å². The largest absolute Gasteiger partial charge is 0.490 e. The minimum atomic E-state index is 0.00239. The molecule has 3 rings (SSSR count). The summed E-state index contributed by atoms with van der Waals surface area (Å²) in [7, 11) is 0. The van der Waals surface area contributed by atoms with Crippen molar-refractivity contribution in [3.63, 3.8) is 0 Å². The van der Waals surface area contributed by atoms with E-state index in [1.165, 1.54) is 0 Å². The van der Waals surface area contributed by atoms with Crippen molar-refractivity contribution in [3.05, 3.63) is 66.2 Å². The van der Waals surface area contributed by atoms with Crippen LogP contribution in [0.25, 0.3) is 10.8 Å². The van der Waals surface area contributed by atoms with Crippen molar-refractivity contribution in [1.29, 1.82) is 0 Å². The summed E-state index contributed by atoms with van der Waals surface area (Å²) in [5.41, 5.74) is 1.91. The molecule has 3 aromatic carbocycles. The molecule has 0 aromatic heterocycles. The summed E-state index contributed by atoms with van der Waals surface area (Å²) in [4.78, 5) is 12.5. The van der Waals surface area contributed by atoms with Crippen LogP contribution in [0, 0.1) is 0 Å². The molecule has 0 aliphatic carbocycles. The van der Waals surface area contributed by atoms with Crippen LogP contribution >= 0.6 is 0 Å². The molecule has 152 valence electrons. The van der Waals surface area contributed by atoms with Crippen molar-refractivity contribution in [3.8, 4) is 11.5 Å². The Hall–Kier alpha value is -3.01. The molecule has 29 heavy (non-hydrogen) atoms. The number of unbranched alkanes of at least 4 members (excludes halogenated alkanes) is 1. The number of fused-ring (bicyclic) bond motifs is 1. The predicted octanol–water partition coefficient (Wildman–Crippen LogP) is 5.99. The summed E-state index contributed by atoms with van der Waals surface area (Å²) in [6, 6.07) is 19.9. The maximum absolute atomic E-state index is 12.5. The van der Waals surface area contributed by atoms with Gasteiger partial charge in [0, 0.05) is 17.5 Å². The predicted molar refractivity (Wildman–Crippen MR) is 119 cm³/mol. The number of nitrogens with one attached hydrogen (secondary N) is 1. The normalized spacial score (nSPS) is 10.7. The summed E-state index contributed by atoms with van der Waals surface area (Å²) < 4.78 is 11.6. The van der Waals surface area contributed by atoms with Crippen molar-refractivity contribution in [2.45, 2.75) is 39.5 Å². The van der Waals surface area contributed by atoms with Gasteiger partial charge in [0.25, 0.3) is 0 Å². The molecule has 0 radical (unpaired) electrons. The number of hydrogen-bond acceptors (Lipinski definition) is 3. The molecule has 0 heterocycles. The molecule has 0 bridgehead atoms. The maximum atomic E-state index is 12.5. The molecule has 4 nitrogen and oxygen atoms in total. The van der Waals surface area contributed by atoms with Gasteiger partial charge >= 0.3 is 0 Å². The third-order valence-corrected chi connectivity index (χ3v) is 4.77. The third kappa shape index (κ3) is 5.74. The van der Waals surface area contributed by atoms with E-state index in [0.717, 1.165) is 46.4 Å². The molecule has 3 aromatic rings. The second kappa shape index (κ2) is 10.5. The van der Waals surface area contributed by atoms with E-state index in [9.17, 15) is 4.79 Å². The first-order chi connectivity index (χ1) is 14.2. The molecule has 0 aliphatic rings. The van der Waals surface area contributed by atoms with Crippen LogP contribution in [0.4, 0.5) is 5.69 Å². The molecule has 0 aliphatic heterocycles. The zero-order valence-corrected chi connectivity index (χ0v) is 17.2. The Morgan fingerprint density at radius 1 is 0.931 bits per heavy atom. The van der Waals surface area contributed by atoms with Gasteiger partial charge in [-0.15, -0.1) is 0 Å². The van der Waals surface area contributed by atoms with E-state index in [2.05, 4.69) is 12.2 Å². The number of benzene rings is 3. The van der Waals surface area contributed by atoms with Crippen LogP contribution in [-0.2, 0) is 11.2 Å². The van der Waals surface area contributed by atoms with Crippen LogP contribution in [-0.4, -0.2) is 19.1 Å². The van der Waals surface area contributed by atoms with Gasteiger partial charge in [0.2, 0.25) is 5.91 Å². The number of anilines is 1. The summed E-state index contributed by atoms with van der Waals surface area (Å²) in [5.74, 6) is 1.52. The van der Waals surface area contributed by atoms with E-state index >= 15 is 0 Å². The molecule has 4 heteroatoms. The number of ether oxygens (including phenoxy) is 2. The van der Waals surface area contributed by atoms with Crippen LogP contribution in [0.15, 0.2) is 60.7 Å². The lowest BCUT2D eigenvalue weighted by Crippen LogP contribution is -2.12. The third-order valence-electron chi connectivity index (χ3n) is 4.77. The average molecular weight is 392 g/mol. The van der Waals surface area contributed by atoms with E-state index < -0.39 is 0 Å². The monoisotopic (exact) mass is 391 g/mol. The SMILES string of the molecule is CCCCOc1ccc(CCC(=O)Nc2cccc3ccccc23)cc1OCC. The quantitative estimate of drug-likeness (QED) is 0.432. The fraction of sp³-hybridized carbons (Fsp3) is 0.320. The minimum Gasteiger partial charge on any atom is -0.490 e. The van der Waals surface area contributed by atoms with Crippen molar-refractivity contribution < 1.29 is 14.3 Å². The topological polar surface area (TPSA) is 47.6 Å². The van der Waals surface area contributed by atoms with Gasteiger partial charge in [-0.25, -0.2) is 0 Å². The molecular weight excluding hydrogens is 362 g/mol. The van der Waals surface area contributed by atoms with Crippen LogP contribution in [0.2, 0.25) is 0 Å². The molecule has 0 fully saturated rings. The van der Waals surface area contributed by atoms with Gasteiger partial charge in [0.1, 0.15) is 0 Å². The molecule has 0 atom stereocenters. The summed E-state index contributed by atoms with van der Waals surface area (Å²) in [6.07, 6.45) is 3.16. The van der Waals surface area contributed by atoms with Crippen molar-refractivity contribution in [1.82, 2.24) is 0 Å². The van der Waals surface area contributed by atoms with Crippen LogP contribution in [0.5, 0.6) is 11.5 Å². The van der Waals surface area contributed by atoms with E-state index in [0.29, 0.717) is 26.1 Å². The average Bonchev–Trinajstić information content (AvgIpc) is 2.74. The first-order valence-corrected chi connectivity index (χ1v) is 10.4. The van der Waals surface area contributed by atoms with Crippen LogP contribution < -0.4 is 14.8 Å². The summed E-state index contributed by atoms with van der Waals surface area (Å²) >= 11 is 0. The minimum absolute atomic E-state index is 0.00239. The Kier molecular flexibility index (Phi) is 7.51. The van der Waals surface area contributed by atoms with E-state index in [4.69, 9.17) is 9.47 Å². The number of carbonyl (C=O) groups excluding carboxylic acids is 1. The number of amides is 1. The lowest BCUT2D eigenvalue weighted by molar-refractivity contribution is -0.116. The Morgan fingerprint density at radius 3 is 2.59 bits per heavy atom. The second-order valence-electron chi connectivity index (χ2n) is 6.99. The number of aryl methyl sites for hydroxylation is 1. The van der Waals surface area contributed by atoms with E-state index in [1.54, 1.807) is 0 Å². The Morgan fingerprint density at radius 2 is 1.76 bits per heavy atom. The lowest BCUT2D eigenvalue weighted by Gasteiger charge is -2.13. The smallest absolute Gasteiger partial charge is 0.224 e. The second-order valence-corrected chi connectivity index (χ2v) is 6.99. The maximum Gasteiger partial charge on any atom is 0.224 e. The Bertz CT molecular complexity index is 946. The molecule has 1 amide bonds. The van der Waals surface area contributed by atoms with E-state index in [-0.39, 0.29) is 5.91 Å². The number of rotatable bonds is 10. The standard InChI is InChI=1S/C25H29NO3/c1-3-5-17-29-23-15-13-19(18-24(23)28-4-2)14-16-25(27)26-22-12-8-10-20-9-6-7-11-21(20)22/h6-13,15,18H,3-5,14,16-17H2,1-2H3,(H,26,27). The highest BCUT2D eigenvalue weighted by molar-refractivity contribution is 6.02. The van der Waals surface area contributed by atoms with Crippen molar-refractivity contribution >= 4 is 22.4 Å². The van der Waals surface area contributed by atoms with Gasteiger partial charge in [-0.2, -0.15) is 0 Å². The fourth-order valence-corrected chi connectivity index (χ4v) is 3.23.